The fourth-order valence-electron chi connectivity index (χ4n) is 2.52. The van der Waals surface area contributed by atoms with E-state index >= 15 is 0 Å². The first-order chi connectivity index (χ1) is 13.6. The molecule has 0 aliphatic carbocycles. The molecule has 0 spiro atoms. The third kappa shape index (κ3) is 7.57. The van der Waals surface area contributed by atoms with E-state index in [1.165, 1.54) is 5.56 Å². The third-order valence-corrected chi connectivity index (χ3v) is 4.15. The van der Waals surface area contributed by atoms with Crippen LogP contribution in [0.2, 0.25) is 0 Å². The molecule has 0 saturated carbocycles. The molecule has 0 aliphatic rings. The highest BCUT2D eigenvalue weighted by atomic mass is 16.5. The Morgan fingerprint density at radius 1 is 0.786 bits per heavy atom. The molecular weight excluding hydrogens is 358 g/mol. The summed E-state index contributed by atoms with van der Waals surface area (Å²) in [5, 5.41) is 8.06. The number of hydrogen-bond acceptors (Lipinski definition) is 4. The molecule has 2 aromatic rings. The Morgan fingerprint density at radius 2 is 1.36 bits per heavy atom. The molecule has 2 rings (SSSR count). The SMILES string of the molecule is COc1ccc(CCCNC(=O)NCC(=O)NCc2ccc(OC)cc2)cc1. The molecule has 0 aliphatic heterocycles. The van der Waals surface area contributed by atoms with Gasteiger partial charge in [0.25, 0.3) is 0 Å². The maximum Gasteiger partial charge on any atom is 0.315 e. The van der Waals surface area contributed by atoms with E-state index in [2.05, 4.69) is 16.0 Å². The number of methoxy groups -OCH3 is 2. The minimum atomic E-state index is -0.352. The Kier molecular flexibility index (Phi) is 8.65. The van der Waals surface area contributed by atoms with Crippen LogP contribution in [0.1, 0.15) is 17.5 Å². The Morgan fingerprint density at radius 3 is 1.93 bits per heavy atom. The lowest BCUT2D eigenvalue weighted by Crippen LogP contribution is -2.42. The molecule has 0 heterocycles. The second kappa shape index (κ2) is 11.5. The Bertz CT molecular complexity index is 745. The van der Waals surface area contributed by atoms with E-state index in [0.29, 0.717) is 13.1 Å². The third-order valence-electron chi connectivity index (χ3n) is 4.15. The molecule has 2 aromatic carbocycles. The Balaban J connectivity index is 1.56. The molecule has 7 heteroatoms. The summed E-state index contributed by atoms with van der Waals surface area (Å²) in [6.07, 6.45) is 1.66. The van der Waals surface area contributed by atoms with Crippen LogP contribution in [-0.2, 0) is 17.8 Å². The van der Waals surface area contributed by atoms with Crippen molar-refractivity contribution in [3.8, 4) is 11.5 Å². The minimum absolute atomic E-state index is 0.0690. The van der Waals surface area contributed by atoms with Crippen LogP contribution in [-0.4, -0.2) is 39.2 Å². The monoisotopic (exact) mass is 385 g/mol. The van der Waals surface area contributed by atoms with Gasteiger partial charge in [0.2, 0.25) is 5.91 Å². The number of carbonyl (C=O) groups excluding carboxylic acids is 2. The van der Waals surface area contributed by atoms with Gasteiger partial charge in [0.1, 0.15) is 11.5 Å². The predicted octanol–water partition coefficient (Wildman–Crippen LogP) is 2.25. The summed E-state index contributed by atoms with van der Waals surface area (Å²) in [5.74, 6) is 1.34. The smallest absolute Gasteiger partial charge is 0.315 e. The van der Waals surface area contributed by atoms with Crippen LogP contribution >= 0.6 is 0 Å². The number of nitrogens with one attached hydrogen (secondary N) is 3. The number of urea groups is 1. The van der Waals surface area contributed by atoms with Gasteiger partial charge >= 0.3 is 6.03 Å². The van der Waals surface area contributed by atoms with E-state index in [9.17, 15) is 9.59 Å². The number of hydrogen-bond donors (Lipinski definition) is 3. The van der Waals surface area contributed by atoms with E-state index in [-0.39, 0.29) is 18.5 Å². The summed E-state index contributed by atoms with van der Waals surface area (Å²) < 4.78 is 10.2. The zero-order valence-corrected chi connectivity index (χ0v) is 16.3. The molecule has 3 N–H and O–H groups in total. The maximum atomic E-state index is 11.8. The lowest BCUT2D eigenvalue weighted by molar-refractivity contribution is -0.120. The van der Waals surface area contributed by atoms with Crippen LogP contribution in [0.3, 0.4) is 0 Å². The highest BCUT2D eigenvalue weighted by Gasteiger charge is 2.05. The lowest BCUT2D eigenvalue weighted by Gasteiger charge is -2.09. The van der Waals surface area contributed by atoms with Crippen LogP contribution in [0, 0.1) is 0 Å². The number of rotatable bonds is 10. The topological polar surface area (TPSA) is 88.7 Å². The molecule has 150 valence electrons. The van der Waals surface area contributed by atoms with Gasteiger partial charge < -0.3 is 25.4 Å². The van der Waals surface area contributed by atoms with Crippen LogP contribution in [0.4, 0.5) is 4.79 Å². The van der Waals surface area contributed by atoms with Gasteiger partial charge in [-0.15, -0.1) is 0 Å². The lowest BCUT2D eigenvalue weighted by atomic mass is 10.1. The quantitative estimate of drug-likeness (QED) is 0.548. The molecule has 0 atom stereocenters. The zero-order valence-electron chi connectivity index (χ0n) is 16.3. The Labute approximate surface area is 165 Å². The highest BCUT2D eigenvalue weighted by Crippen LogP contribution is 2.12. The van der Waals surface area contributed by atoms with Crippen LogP contribution < -0.4 is 25.4 Å². The summed E-state index contributed by atoms with van der Waals surface area (Å²) in [4.78, 5) is 23.6. The average molecular weight is 385 g/mol. The van der Waals surface area contributed by atoms with Gasteiger partial charge in [0, 0.05) is 13.1 Å². The summed E-state index contributed by atoms with van der Waals surface area (Å²) >= 11 is 0. The van der Waals surface area contributed by atoms with Crippen LogP contribution in [0.5, 0.6) is 11.5 Å². The number of ether oxygens (including phenoxy) is 2. The summed E-state index contributed by atoms with van der Waals surface area (Å²) in [7, 11) is 3.24. The number of carbonyl (C=O) groups is 2. The molecule has 28 heavy (non-hydrogen) atoms. The van der Waals surface area contributed by atoms with Gasteiger partial charge in [-0.05, 0) is 48.2 Å². The standard InChI is InChI=1S/C21H27N3O4/c1-27-18-9-5-16(6-10-18)4-3-13-22-21(26)24-15-20(25)23-14-17-7-11-19(28-2)12-8-17/h5-12H,3-4,13-15H2,1-2H3,(H,23,25)(H2,22,24,26). The second-order valence-corrected chi connectivity index (χ2v) is 6.19. The van der Waals surface area contributed by atoms with Gasteiger partial charge in [-0.2, -0.15) is 0 Å². The van der Waals surface area contributed by atoms with Crippen molar-refractivity contribution in [3.05, 3.63) is 59.7 Å². The van der Waals surface area contributed by atoms with Gasteiger partial charge in [0.15, 0.2) is 0 Å². The summed E-state index contributed by atoms with van der Waals surface area (Å²) in [5.41, 5.74) is 2.14. The van der Waals surface area contributed by atoms with Gasteiger partial charge in [-0.25, -0.2) is 4.79 Å². The predicted molar refractivity (Wildman–Crippen MR) is 108 cm³/mol. The van der Waals surface area contributed by atoms with E-state index in [1.54, 1.807) is 14.2 Å². The van der Waals surface area contributed by atoms with Crippen molar-refractivity contribution < 1.29 is 19.1 Å². The van der Waals surface area contributed by atoms with E-state index in [1.807, 2.05) is 48.5 Å². The first-order valence-electron chi connectivity index (χ1n) is 9.15. The van der Waals surface area contributed by atoms with Gasteiger partial charge in [-0.3, -0.25) is 4.79 Å². The first kappa shape index (κ1) is 21.1. The fraction of sp³-hybridized carbons (Fsp3) is 0.333. The van der Waals surface area contributed by atoms with Crippen molar-refractivity contribution in [2.45, 2.75) is 19.4 Å². The Hall–Kier alpha value is -3.22. The van der Waals surface area contributed by atoms with E-state index < -0.39 is 0 Å². The molecule has 0 saturated heterocycles. The van der Waals surface area contributed by atoms with E-state index in [0.717, 1.165) is 29.9 Å². The van der Waals surface area contributed by atoms with Crippen molar-refractivity contribution in [2.75, 3.05) is 27.3 Å². The molecular formula is C21H27N3O4. The number of aryl methyl sites for hydroxylation is 1. The van der Waals surface area contributed by atoms with Crippen LogP contribution in [0.15, 0.2) is 48.5 Å². The maximum absolute atomic E-state index is 11.8. The average Bonchev–Trinajstić information content (AvgIpc) is 2.74. The van der Waals surface area contributed by atoms with Gasteiger partial charge in [0.05, 0.1) is 20.8 Å². The fourth-order valence-corrected chi connectivity index (χ4v) is 2.52. The zero-order chi connectivity index (χ0) is 20.2. The van der Waals surface area contributed by atoms with Crippen molar-refractivity contribution in [1.82, 2.24) is 16.0 Å². The number of benzene rings is 2. The van der Waals surface area contributed by atoms with E-state index in [4.69, 9.17) is 9.47 Å². The summed E-state index contributed by atoms with van der Waals surface area (Å²) in [6, 6.07) is 14.9. The normalized spacial score (nSPS) is 10.1. The summed E-state index contributed by atoms with van der Waals surface area (Å²) in [6.45, 7) is 0.861. The van der Waals surface area contributed by atoms with Crippen LogP contribution in [0.25, 0.3) is 0 Å². The largest absolute Gasteiger partial charge is 0.497 e. The molecule has 0 bridgehead atoms. The second-order valence-electron chi connectivity index (χ2n) is 6.19. The molecule has 0 unspecified atom stereocenters. The van der Waals surface area contributed by atoms with Crippen molar-refractivity contribution in [3.63, 3.8) is 0 Å². The minimum Gasteiger partial charge on any atom is -0.497 e. The highest BCUT2D eigenvalue weighted by molar-refractivity contribution is 5.83. The number of amides is 3. The first-order valence-corrected chi connectivity index (χ1v) is 9.15. The van der Waals surface area contributed by atoms with Gasteiger partial charge in [-0.1, -0.05) is 24.3 Å². The molecule has 7 nitrogen and oxygen atoms in total. The van der Waals surface area contributed by atoms with Crippen molar-refractivity contribution in [2.24, 2.45) is 0 Å². The molecule has 0 radical (unpaired) electrons. The molecule has 0 aromatic heterocycles. The van der Waals surface area contributed by atoms with Crippen molar-refractivity contribution in [1.29, 1.82) is 0 Å². The molecule has 3 amide bonds. The molecule has 0 fully saturated rings. The van der Waals surface area contributed by atoms with Crippen molar-refractivity contribution >= 4 is 11.9 Å².